The van der Waals surface area contributed by atoms with Crippen molar-refractivity contribution in [2.24, 2.45) is 0 Å². The lowest BCUT2D eigenvalue weighted by atomic mass is 10.1. The smallest absolute Gasteiger partial charge is 0.214 e. The van der Waals surface area contributed by atoms with Crippen molar-refractivity contribution in [1.82, 2.24) is 4.58 Å². The van der Waals surface area contributed by atoms with E-state index in [1.54, 1.807) is 0 Å². The third-order valence-electron chi connectivity index (χ3n) is 9.42. The molecule has 1 aliphatic carbocycles. The molecule has 4 heteroatoms. The summed E-state index contributed by atoms with van der Waals surface area (Å²) in [5.41, 5.74) is 9.02. The maximum Gasteiger partial charge on any atom is 0.214 e. The van der Waals surface area contributed by atoms with E-state index >= 15 is 0 Å². The van der Waals surface area contributed by atoms with Gasteiger partial charge >= 0.3 is 0 Å². The number of aryl methyl sites for hydroxylation is 1. The molecule has 0 fully saturated rings. The molecule has 0 heterocycles. The molecular weight excluding hydrogens is 573 g/mol. The van der Waals surface area contributed by atoms with E-state index in [4.69, 9.17) is 0 Å². The topological polar surface area (TPSA) is 12.5 Å². The Balaban J connectivity index is 2.10. The first-order chi connectivity index (χ1) is 23.0. The standard InChI is InChI=1S/C43H68N4/c1-8-14-30-44(31-15-9-2)38-20-24-40(25-21-38)47(41-26-22-39(23-27-41)45(32-16-10-3)33-17-11-4)43-29-28-42(36-37(43)7)46(34-18-12-5)35-19-13-6/h20-29,36H,8-19,30-35H2,1-7H3/q+2. The average Bonchev–Trinajstić information content (AvgIpc) is 3.10. The van der Waals surface area contributed by atoms with Crippen LogP contribution in [0.5, 0.6) is 0 Å². The molecule has 0 saturated heterocycles. The molecule has 1 aliphatic rings. The van der Waals surface area contributed by atoms with Gasteiger partial charge in [-0.15, -0.1) is 0 Å². The summed E-state index contributed by atoms with van der Waals surface area (Å²) >= 11 is 0. The third-order valence-corrected chi connectivity index (χ3v) is 9.42. The van der Waals surface area contributed by atoms with Crippen LogP contribution in [0, 0.1) is 6.92 Å². The summed E-state index contributed by atoms with van der Waals surface area (Å²) in [6.45, 7) is 22.8. The minimum absolute atomic E-state index is 1.13. The van der Waals surface area contributed by atoms with E-state index in [-0.39, 0.29) is 0 Å². The van der Waals surface area contributed by atoms with Gasteiger partial charge in [0.2, 0.25) is 17.1 Å². The van der Waals surface area contributed by atoms with Crippen LogP contribution in [0.25, 0.3) is 0 Å². The molecule has 0 N–H and O–H groups in total. The highest BCUT2D eigenvalue weighted by Crippen LogP contribution is 2.31. The summed E-state index contributed by atoms with van der Waals surface area (Å²) in [5.74, 6) is 0. The number of rotatable bonds is 22. The van der Waals surface area contributed by atoms with Crippen LogP contribution in [0.4, 0.5) is 22.7 Å². The fourth-order valence-electron chi connectivity index (χ4n) is 6.34. The van der Waals surface area contributed by atoms with E-state index in [0.29, 0.717) is 0 Å². The van der Waals surface area contributed by atoms with Crippen LogP contribution in [0.2, 0.25) is 0 Å². The second-order valence-corrected chi connectivity index (χ2v) is 13.4. The number of hydrogen-bond donors (Lipinski definition) is 0. The van der Waals surface area contributed by atoms with Gasteiger partial charge in [0.05, 0.1) is 0 Å². The molecule has 0 unspecified atom stereocenters. The minimum atomic E-state index is 1.13. The third kappa shape index (κ3) is 11.8. The molecule has 0 spiro atoms. The molecule has 0 aliphatic heterocycles. The number of benzene rings is 2. The summed E-state index contributed by atoms with van der Waals surface area (Å²) in [6, 6.07) is 16.5. The lowest BCUT2D eigenvalue weighted by Gasteiger charge is -2.25. The first-order valence-electron chi connectivity index (χ1n) is 19.4. The highest BCUT2D eigenvalue weighted by molar-refractivity contribution is 6.18. The molecule has 258 valence electrons. The number of nitrogens with zero attached hydrogens (tertiary/aromatic N) is 4. The molecular formula is C43H68N4+2. The van der Waals surface area contributed by atoms with E-state index in [2.05, 4.69) is 134 Å². The summed E-state index contributed by atoms with van der Waals surface area (Å²) in [5, 5.41) is 0. The fraction of sp³-hybridized carbons (Fsp3) is 0.581. The van der Waals surface area contributed by atoms with Crippen molar-refractivity contribution in [2.45, 2.75) is 126 Å². The predicted molar refractivity (Wildman–Crippen MR) is 211 cm³/mol. The van der Waals surface area contributed by atoms with Crippen molar-refractivity contribution in [3.05, 3.63) is 72.3 Å². The monoisotopic (exact) mass is 641 g/mol. The molecule has 0 aromatic heterocycles. The zero-order valence-electron chi connectivity index (χ0n) is 31.4. The summed E-state index contributed by atoms with van der Waals surface area (Å²) in [4.78, 5) is 5.18. The van der Waals surface area contributed by atoms with Crippen LogP contribution in [-0.2, 0) is 0 Å². The van der Waals surface area contributed by atoms with Crippen LogP contribution < -0.4 is 14.4 Å². The van der Waals surface area contributed by atoms with E-state index in [9.17, 15) is 0 Å². The second kappa shape index (κ2) is 21.7. The fourth-order valence-corrected chi connectivity index (χ4v) is 6.34. The highest BCUT2D eigenvalue weighted by Gasteiger charge is 2.24. The summed E-state index contributed by atoms with van der Waals surface area (Å²) in [7, 11) is 0. The normalized spacial score (nSPS) is 12.6. The SMILES string of the molecule is CCCCN(CCCC)c1ccc([N+](=C2C=CC(=[N+](CCCC)CCCC)C=C2)c2ccc(N(CCCC)CCCC)cc2C)cc1. The zero-order valence-corrected chi connectivity index (χ0v) is 31.4. The van der Waals surface area contributed by atoms with Gasteiger partial charge < -0.3 is 9.80 Å². The Bertz CT molecular complexity index is 1270. The average molecular weight is 641 g/mol. The first-order valence-corrected chi connectivity index (χ1v) is 19.4. The van der Waals surface area contributed by atoms with Crippen molar-refractivity contribution in [3.63, 3.8) is 0 Å². The Labute approximate surface area is 289 Å². The molecule has 4 nitrogen and oxygen atoms in total. The van der Waals surface area contributed by atoms with Crippen molar-refractivity contribution >= 4 is 34.2 Å². The second-order valence-electron chi connectivity index (χ2n) is 13.4. The lowest BCUT2D eigenvalue weighted by Crippen LogP contribution is -2.26. The van der Waals surface area contributed by atoms with Crippen molar-refractivity contribution < 1.29 is 4.58 Å². The Morgan fingerprint density at radius 2 is 0.915 bits per heavy atom. The Morgan fingerprint density at radius 1 is 0.489 bits per heavy atom. The maximum absolute atomic E-state index is 2.60. The van der Waals surface area contributed by atoms with Crippen LogP contribution in [-0.4, -0.2) is 55.3 Å². The molecule has 0 radical (unpaired) electrons. The van der Waals surface area contributed by atoms with Gasteiger partial charge in [0.1, 0.15) is 13.1 Å². The largest absolute Gasteiger partial charge is 0.372 e. The molecule has 0 amide bonds. The maximum atomic E-state index is 2.60. The van der Waals surface area contributed by atoms with Gasteiger partial charge in [0.15, 0.2) is 5.71 Å². The molecule has 3 rings (SSSR count). The highest BCUT2D eigenvalue weighted by atomic mass is 15.1. The Kier molecular flexibility index (Phi) is 17.7. The molecule has 0 atom stereocenters. The zero-order chi connectivity index (χ0) is 33.9. The molecule has 0 saturated carbocycles. The number of anilines is 2. The van der Waals surface area contributed by atoms with Gasteiger partial charge in [-0.3, -0.25) is 0 Å². The van der Waals surface area contributed by atoms with E-state index in [1.807, 2.05) is 0 Å². The van der Waals surface area contributed by atoms with Gasteiger partial charge in [0.25, 0.3) is 0 Å². The summed E-state index contributed by atoms with van der Waals surface area (Å²) < 4.78 is 5.05. The van der Waals surface area contributed by atoms with Gasteiger partial charge in [0, 0.05) is 98.5 Å². The lowest BCUT2D eigenvalue weighted by molar-refractivity contribution is -0.527. The van der Waals surface area contributed by atoms with Crippen LogP contribution >= 0.6 is 0 Å². The molecule has 2 aromatic rings. The molecule has 2 aromatic carbocycles. The van der Waals surface area contributed by atoms with Gasteiger partial charge in [-0.25, -0.2) is 4.58 Å². The van der Waals surface area contributed by atoms with E-state index in [1.165, 1.54) is 117 Å². The van der Waals surface area contributed by atoms with E-state index in [0.717, 1.165) is 39.3 Å². The van der Waals surface area contributed by atoms with Crippen molar-refractivity contribution in [3.8, 4) is 0 Å². The van der Waals surface area contributed by atoms with Crippen LogP contribution in [0.3, 0.4) is 0 Å². The number of allylic oxidation sites excluding steroid dienone is 4. The predicted octanol–water partition coefficient (Wildman–Crippen LogP) is 11.3. The first kappa shape index (κ1) is 38.3. The quantitative estimate of drug-likeness (QED) is 0.0938. The van der Waals surface area contributed by atoms with Crippen molar-refractivity contribution in [2.75, 3.05) is 49.1 Å². The van der Waals surface area contributed by atoms with Gasteiger partial charge in [-0.2, -0.15) is 4.58 Å². The summed E-state index contributed by atoms with van der Waals surface area (Å²) in [6.07, 6.45) is 24.1. The van der Waals surface area contributed by atoms with Crippen LogP contribution in [0.15, 0.2) is 66.8 Å². The minimum Gasteiger partial charge on any atom is -0.372 e. The van der Waals surface area contributed by atoms with Gasteiger partial charge in [-0.05, 0) is 56.9 Å². The molecule has 0 bridgehead atoms. The van der Waals surface area contributed by atoms with Crippen LogP contribution in [0.1, 0.15) is 124 Å². The Hall–Kier alpha value is -3.14. The number of unbranched alkanes of at least 4 members (excludes halogenated alkanes) is 6. The Morgan fingerprint density at radius 3 is 1.36 bits per heavy atom. The van der Waals surface area contributed by atoms with E-state index < -0.39 is 0 Å². The van der Waals surface area contributed by atoms with Gasteiger partial charge in [-0.1, -0.05) is 80.1 Å². The number of hydrogen-bond acceptors (Lipinski definition) is 2. The molecule has 47 heavy (non-hydrogen) atoms. The van der Waals surface area contributed by atoms with Crippen molar-refractivity contribution in [1.29, 1.82) is 0 Å².